The summed E-state index contributed by atoms with van der Waals surface area (Å²) in [4.78, 5) is 6.45. The highest BCUT2D eigenvalue weighted by Crippen LogP contribution is 2.34. The van der Waals surface area contributed by atoms with Crippen LogP contribution in [0.3, 0.4) is 0 Å². The Bertz CT molecular complexity index is 554. The van der Waals surface area contributed by atoms with Gasteiger partial charge in [0.2, 0.25) is 0 Å². The summed E-state index contributed by atoms with van der Waals surface area (Å²) >= 11 is 0. The van der Waals surface area contributed by atoms with E-state index in [1.54, 1.807) is 28.4 Å². The Morgan fingerprint density at radius 1 is 1.19 bits per heavy atom. The second-order valence-electron chi connectivity index (χ2n) is 5.59. The van der Waals surface area contributed by atoms with Crippen LogP contribution in [0.2, 0.25) is 0 Å². The highest BCUT2D eigenvalue weighted by molar-refractivity contribution is 14.0. The Morgan fingerprint density at radius 3 is 2.27 bits per heavy atom. The molecule has 0 aromatic heterocycles. The first kappa shape index (κ1) is 24.4. The summed E-state index contributed by atoms with van der Waals surface area (Å²) in [6, 6.07) is 3.74. The molecule has 1 aromatic rings. The first-order valence-corrected chi connectivity index (χ1v) is 8.42. The maximum atomic E-state index is 5.49. The Morgan fingerprint density at radius 2 is 1.81 bits per heavy atom. The third-order valence-corrected chi connectivity index (χ3v) is 3.95. The van der Waals surface area contributed by atoms with Gasteiger partial charge in [-0.1, -0.05) is 6.08 Å². The number of hydrogen-bond acceptors (Lipinski definition) is 4. The zero-order valence-corrected chi connectivity index (χ0v) is 18.8. The van der Waals surface area contributed by atoms with Crippen molar-refractivity contribution < 1.29 is 14.2 Å². The summed E-state index contributed by atoms with van der Waals surface area (Å²) in [7, 11) is 8.75. The van der Waals surface area contributed by atoms with Crippen LogP contribution >= 0.6 is 24.0 Å². The molecule has 0 aliphatic rings. The SMILES string of the molecule is C=CCCCN(C)C(=NC)NCCc1c(OC)cc(OC)cc1OC.I. The molecule has 0 aliphatic heterocycles. The first-order valence-electron chi connectivity index (χ1n) is 8.42. The van der Waals surface area contributed by atoms with Gasteiger partial charge in [0.05, 0.1) is 21.3 Å². The highest BCUT2D eigenvalue weighted by Gasteiger charge is 2.13. The molecule has 1 N–H and O–H groups in total. The fraction of sp³-hybridized carbons (Fsp3) is 0.526. The molecule has 0 saturated heterocycles. The van der Waals surface area contributed by atoms with Gasteiger partial charge in [0, 0.05) is 44.9 Å². The molecule has 0 atom stereocenters. The van der Waals surface area contributed by atoms with E-state index in [9.17, 15) is 0 Å². The summed E-state index contributed by atoms with van der Waals surface area (Å²) in [6.45, 7) is 5.40. The van der Waals surface area contributed by atoms with Crippen molar-refractivity contribution >= 4 is 29.9 Å². The van der Waals surface area contributed by atoms with Crippen molar-refractivity contribution in [2.45, 2.75) is 19.3 Å². The van der Waals surface area contributed by atoms with Gasteiger partial charge in [-0.15, -0.1) is 30.6 Å². The van der Waals surface area contributed by atoms with Crippen LogP contribution in [-0.4, -0.2) is 59.4 Å². The van der Waals surface area contributed by atoms with Crippen molar-refractivity contribution in [3.8, 4) is 17.2 Å². The van der Waals surface area contributed by atoms with Crippen molar-refractivity contribution in [3.63, 3.8) is 0 Å². The minimum Gasteiger partial charge on any atom is -0.496 e. The molecule has 1 rings (SSSR count). The molecule has 7 heteroatoms. The summed E-state index contributed by atoms with van der Waals surface area (Å²) in [6.07, 6.45) is 4.74. The van der Waals surface area contributed by atoms with Gasteiger partial charge >= 0.3 is 0 Å². The Balaban J connectivity index is 0.00000625. The van der Waals surface area contributed by atoms with Crippen LogP contribution in [0.1, 0.15) is 18.4 Å². The lowest BCUT2D eigenvalue weighted by Gasteiger charge is -2.22. The number of methoxy groups -OCH3 is 3. The second kappa shape index (κ2) is 13.5. The van der Waals surface area contributed by atoms with E-state index in [1.807, 2.05) is 25.3 Å². The number of allylic oxidation sites excluding steroid dienone is 1. The maximum Gasteiger partial charge on any atom is 0.193 e. The fourth-order valence-corrected chi connectivity index (χ4v) is 2.59. The zero-order valence-electron chi connectivity index (χ0n) is 16.5. The normalized spacial score (nSPS) is 10.6. The van der Waals surface area contributed by atoms with Crippen molar-refractivity contribution in [1.29, 1.82) is 0 Å². The minimum absolute atomic E-state index is 0. The molecule has 26 heavy (non-hydrogen) atoms. The van der Waals surface area contributed by atoms with Crippen LogP contribution in [0, 0.1) is 0 Å². The van der Waals surface area contributed by atoms with E-state index in [4.69, 9.17) is 14.2 Å². The highest BCUT2D eigenvalue weighted by atomic mass is 127. The van der Waals surface area contributed by atoms with Gasteiger partial charge in [0.25, 0.3) is 0 Å². The number of nitrogens with one attached hydrogen (secondary N) is 1. The van der Waals surface area contributed by atoms with Gasteiger partial charge in [-0.25, -0.2) is 0 Å². The third-order valence-electron chi connectivity index (χ3n) is 3.95. The standard InChI is InChI=1S/C19H31N3O3.HI/c1-7-8-9-12-22(3)19(20-2)21-11-10-16-17(24-5)13-15(23-4)14-18(16)25-6;/h7,13-14H,1,8-12H2,2-6H3,(H,20,21);1H. The van der Waals surface area contributed by atoms with E-state index in [1.165, 1.54) is 0 Å². The number of rotatable bonds is 10. The molecule has 0 spiro atoms. The van der Waals surface area contributed by atoms with Crippen LogP contribution in [0.15, 0.2) is 29.8 Å². The molecule has 0 fully saturated rings. The van der Waals surface area contributed by atoms with Crippen LogP contribution < -0.4 is 19.5 Å². The lowest BCUT2D eigenvalue weighted by atomic mass is 10.1. The number of hydrogen-bond donors (Lipinski definition) is 1. The Labute approximate surface area is 174 Å². The zero-order chi connectivity index (χ0) is 18.7. The third kappa shape index (κ3) is 7.31. The van der Waals surface area contributed by atoms with Crippen LogP contribution in [0.5, 0.6) is 17.2 Å². The second-order valence-corrected chi connectivity index (χ2v) is 5.59. The lowest BCUT2D eigenvalue weighted by Crippen LogP contribution is -2.40. The fourth-order valence-electron chi connectivity index (χ4n) is 2.59. The van der Waals surface area contributed by atoms with E-state index in [2.05, 4.69) is 21.8 Å². The molecular weight excluding hydrogens is 445 g/mol. The topological polar surface area (TPSA) is 55.3 Å². The molecule has 0 radical (unpaired) electrons. The molecule has 6 nitrogen and oxygen atoms in total. The maximum absolute atomic E-state index is 5.49. The molecule has 0 amide bonds. The number of aliphatic imine (C=N–C) groups is 1. The first-order chi connectivity index (χ1) is 12.1. The molecule has 0 heterocycles. The van der Waals surface area contributed by atoms with E-state index < -0.39 is 0 Å². The molecule has 0 unspecified atom stereocenters. The van der Waals surface area contributed by atoms with Gasteiger partial charge in [-0.05, 0) is 19.3 Å². The van der Waals surface area contributed by atoms with Crippen molar-refractivity contribution in [2.24, 2.45) is 4.99 Å². The molecule has 0 saturated carbocycles. The van der Waals surface area contributed by atoms with E-state index in [0.29, 0.717) is 5.75 Å². The average Bonchev–Trinajstić information content (AvgIpc) is 2.64. The number of ether oxygens (including phenoxy) is 3. The Hall–Kier alpha value is -1.64. The summed E-state index contributed by atoms with van der Waals surface area (Å²) in [5.74, 6) is 3.10. The van der Waals surface area contributed by atoms with Crippen molar-refractivity contribution in [3.05, 3.63) is 30.4 Å². The van der Waals surface area contributed by atoms with Crippen LogP contribution in [-0.2, 0) is 6.42 Å². The Kier molecular flexibility index (Phi) is 12.7. The molecular formula is C19H32IN3O3. The lowest BCUT2D eigenvalue weighted by molar-refractivity contribution is 0.368. The van der Waals surface area contributed by atoms with Gasteiger partial charge in [-0.3, -0.25) is 4.99 Å². The molecule has 0 aliphatic carbocycles. The van der Waals surface area contributed by atoms with Crippen LogP contribution in [0.4, 0.5) is 0 Å². The quantitative estimate of drug-likeness (QED) is 0.184. The van der Waals surface area contributed by atoms with Gasteiger partial charge in [-0.2, -0.15) is 0 Å². The predicted octanol–water partition coefficient (Wildman–Crippen LogP) is 3.35. The van der Waals surface area contributed by atoms with Gasteiger partial charge < -0.3 is 24.4 Å². The summed E-state index contributed by atoms with van der Waals surface area (Å²) in [5, 5.41) is 3.38. The number of benzene rings is 1. The van der Waals surface area contributed by atoms with E-state index in [0.717, 1.165) is 55.4 Å². The van der Waals surface area contributed by atoms with E-state index >= 15 is 0 Å². The largest absolute Gasteiger partial charge is 0.496 e. The predicted molar refractivity (Wildman–Crippen MR) is 119 cm³/mol. The van der Waals surface area contributed by atoms with E-state index in [-0.39, 0.29) is 24.0 Å². The van der Waals surface area contributed by atoms with Crippen LogP contribution in [0.25, 0.3) is 0 Å². The minimum atomic E-state index is 0. The number of guanidine groups is 1. The summed E-state index contributed by atoms with van der Waals surface area (Å²) in [5.41, 5.74) is 1.00. The van der Waals surface area contributed by atoms with Crippen molar-refractivity contribution in [1.82, 2.24) is 10.2 Å². The number of nitrogens with zero attached hydrogens (tertiary/aromatic N) is 2. The smallest absolute Gasteiger partial charge is 0.193 e. The molecule has 148 valence electrons. The summed E-state index contributed by atoms with van der Waals surface area (Å²) < 4.78 is 16.3. The number of unbranched alkanes of at least 4 members (excludes halogenated alkanes) is 1. The van der Waals surface area contributed by atoms with Crippen molar-refractivity contribution in [2.75, 3.05) is 48.5 Å². The molecule has 0 bridgehead atoms. The van der Waals surface area contributed by atoms with Gasteiger partial charge in [0.15, 0.2) is 5.96 Å². The monoisotopic (exact) mass is 477 g/mol. The number of halogens is 1. The van der Waals surface area contributed by atoms with Gasteiger partial charge in [0.1, 0.15) is 17.2 Å². The average molecular weight is 477 g/mol. The molecule has 1 aromatic carbocycles.